The van der Waals surface area contributed by atoms with E-state index < -0.39 is 18.2 Å². The van der Waals surface area contributed by atoms with E-state index in [4.69, 9.17) is 19.9 Å². The molecular weight excluding hydrogens is 310 g/mol. The first-order valence-corrected chi connectivity index (χ1v) is 7.63. The van der Waals surface area contributed by atoms with Crippen LogP contribution in [0.2, 0.25) is 0 Å². The zero-order valence-corrected chi connectivity index (χ0v) is 13.1. The van der Waals surface area contributed by atoms with Gasteiger partial charge in [0.15, 0.2) is 12.5 Å². The van der Waals surface area contributed by atoms with Crippen molar-refractivity contribution in [2.75, 3.05) is 25.6 Å². The number of benzene rings is 1. The summed E-state index contributed by atoms with van der Waals surface area (Å²) >= 11 is 0. The second kappa shape index (κ2) is 7.87. The van der Waals surface area contributed by atoms with Crippen LogP contribution in [0, 0.1) is 0 Å². The van der Waals surface area contributed by atoms with Gasteiger partial charge in [-0.3, -0.25) is 4.57 Å². The average molecular weight is 329 g/mol. The van der Waals surface area contributed by atoms with Gasteiger partial charge in [-0.1, -0.05) is 42.5 Å². The molecular formula is C17H19N3O4. The average Bonchev–Trinajstić information content (AvgIpc) is 3.04. The van der Waals surface area contributed by atoms with Crippen LogP contribution in [-0.4, -0.2) is 35.7 Å². The lowest BCUT2D eigenvalue weighted by Gasteiger charge is -2.13. The molecule has 1 aliphatic rings. The minimum absolute atomic E-state index is 0.181. The van der Waals surface area contributed by atoms with Crippen LogP contribution in [0.3, 0.4) is 0 Å². The van der Waals surface area contributed by atoms with E-state index in [0.717, 1.165) is 5.56 Å². The molecule has 126 valence electrons. The lowest BCUT2D eigenvalue weighted by molar-refractivity contribution is -0.111. The molecule has 0 radical (unpaired) electrons. The summed E-state index contributed by atoms with van der Waals surface area (Å²) in [5.74, 6) is 0.181. The van der Waals surface area contributed by atoms with Crippen molar-refractivity contribution in [1.29, 1.82) is 0 Å². The molecule has 0 aliphatic carbocycles. The van der Waals surface area contributed by atoms with Crippen LogP contribution < -0.4 is 11.4 Å². The normalized spacial score (nSPS) is 20.7. The molecule has 2 aromatic rings. The monoisotopic (exact) mass is 329 g/mol. The highest BCUT2D eigenvalue weighted by Crippen LogP contribution is 2.19. The van der Waals surface area contributed by atoms with E-state index in [1.54, 1.807) is 12.3 Å². The van der Waals surface area contributed by atoms with E-state index in [1.807, 2.05) is 42.5 Å². The summed E-state index contributed by atoms with van der Waals surface area (Å²) in [7, 11) is 0. The van der Waals surface area contributed by atoms with Gasteiger partial charge in [0.25, 0.3) is 0 Å². The van der Waals surface area contributed by atoms with Crippen LogP contribution in [0.25, 0.3) is 6.08 Å². The minimum atomic E-state index is -0.515. The van der Waals surface area contributed by atoms with Crippen molar-refractivity contribution in [3.05, 3.63) is 64.7 Å². The summed E-state index contributed by atoms with van der Waals surface area (Å²) in [6, 6.07) is 11.5. The molecule has 3 rings (SSSR count). The fraction of sp³-hybridized carbons (Fsp3) is 0.294. The third-order valence-electron chi connectivity index (χ3n) is 3.47. The fourth-order valence-electron chi connectivity index (χ4n) is 2.30. The Morgan fingerprint density at radius 3 is 2.96 bits per heavy atom. The van der Waals surface area contributed by atoms with E-state index >= 15 is 0 Å². The van der Waals surface area contributed by atoms with Gasteiger partial charge in [-0.25, -0.2) is 4.79 Å². The smallest absolute Gasteiger partial charge is 0.351 e. The molecule has 1 fully saturated rings. The number of hydrogen-bond donors (Lipinski definition) is 1. The zero-order valence-electron chi connectivity index (χ0n) is 13.1. The van der Waals surface area contributed by atoms with Gasteiger partial charge in [0.1, 0.15) is 5.82 Å². The molecule has 0 unspecified atom stereocenters. The summed E-state index contributed by atoms with van der Waals surface area (Å²) in [5.41, 5.74) is 6.12. The quantitative estimate of drug-likeness (QED) is 0.807. The van der Waals surface area contributed by atoms with Gasteiger partial charge in [0.2, 0.25) is 0 Å². The Hall–Kier alpha value is -2.48. The number of rotatable bonds is 6. The van der Waals surface area contributed by atoms with E-state index in [0.29, 0.717) is 6.61 Å². The number of nitrogens with zero attached hydrogens (tertiary/aromatic N) is 2. The van der Waals surface area contributed by atoms with Gasteiger partial charge in [-0.05, 0) is 11.6 Å². The highest BCUT2D eigenvalue weighted by atomic mass is 16.7. The van der Waals surface area contributed by atoms with E-state index in [9.17, 15) is 4.79 Å². The molecule has 0 spiro atoms. The van der Waals surface area contributed by atoms with Crippen molar-refractivity contribution in [2.24, 2.45) is 0 Å². The standard InChI is InChI=1S/C17H19N3O4/c18-14-8-9-20(17(21)19-14)15-11-23-16(24-15)12-22-10-4-7-13-5-2-1-3-6-13/h1-9,15-16H,10-12H2,(H2,18,19,21)/b7-4+/t15-,16-/m0/s1. The number of hydrogen-bond acceptors (Lipinski definition) is 6. The summed E-state index contributed by atoms with van der Waals surface area (Å²) in [6.07, 6.45) is 4.43. The Labute approximate surface area is 139 Å². The van der Waals surface area contributed by atoms with Gasteiger partial charge in [-0.15, -0.1) is 0 Å². The molecule has 1 saturated heterocycles. The van der Waals surface area contributed by atoms with Gasteiger partial charge in [-0.2, -0.15) is 4.98 Å². The lowest BCUT2D eigenvalue weighted by atomic mass is 10.2. The molecule has 2 heterocycles. The molecule has 2 atom stereocenters. The van der Waals surface area contributed by atoms with E-state index in [1.165, 1.54) is 4.57 Å². The second-order valence-electron chi connectivity index (χ2n) is 5.25. The Balaban J connectivity index is 1.43. The Morgan fingerprint density at radius 2 is 2.17 bits per heavy atom. The number of nitrogen functional groups attached to an aromatic ring is 1. The Bertz CT molecular complexity index is 745. The van der Waals surface area contributed by atoms with Crippen LogP contribution in [0.5, 0.6) is 0 Å². The first-order chi connectivity index (χ1) is 11.7. The van der Waals surface area contributed by atoms with Crippen molar-refractivity contribution in [2.45, 2.75) is 12.5 Å². The van der Waals surface area contributed by atoms with Crippen molar-refractivity contribution < 1.29 is 14.2 Å². The van der Waals surface area contributed by atoms with Crippen LogP contribution in [0.15, 0.2) is 53.5 Å². The molecule has 1 aromatic heterocycles. The molecule has 0 amide bonds. The number of ether oxygens (including phenoxy) is 3. The van der Waals surface area contributed by atoms with Gasteiger partial charge in [0.05, 0.1) is 19.8 Å². The highest BCUT2D eigenvalue weighted by molar-refractivity contribution is 5.48. The number of anilines is 1. The summed E-state index contributed by atoms with van der Waals surface area (Å²) in [5, 5.41) is 0. The topological polar surface area (TPSA) is 88.6 Å². The van der Waals surface area contributed by atoms with Crippen LogP contribution >= 0.6 is 0 Å². The third-order valence-corrected chi connectivity index (χ3v) is 3.47. The number of aromatic nitrogens is 2. The summed E-state index contributed by atoms with van der Waals surface area (Å²) in [4.78, 5) is 15.4. The molecule has 0 bridgehead atoms. The first kappa shape index (κ1) is 16.4. The van der Waals surface area contributed by atoms with Crippen LogP contribution in [0.4, 0.5) is 5.82 Å². The van der Waals surface area contributed by atoms with Gasteiger partial charge >= 0.3 is 5.69 Å². The molecule has 7 heteroatoms. The maximum absolute atomic E-state index is 11.8. The predicted octanol–water partition coefficient (Wildman–Crippen LogP) is 1.43. The van der Waals surface area contributed by atoms with Crippen LogP contribution in [-0.2, 0) is 14.2 Å². The zero-order chi connectivity index (χ0) is 16.8. The predicted molar refractivity (Wildman–Crippen MR) is 89.1 cm³/mol. The molecule has 1 aliphatic heterocycles. The van der Waals surface area contributed by atoms with E-state index in [2.05, 4.69) is 4.98 Å². The molecule has 0 saturated carbocycles. The van der Waals surface area contributed by atoms with Crippen molar-refractivity contribution in [1.82, 2.24) is 9.55 Å². The summed E-state index contributed by atoms with van der Waals surface area (Å²) < 4.78 is 18.0. The van der Waals surface area contributed by atoms with Crippen molar-refractivity contribution in [3.8, 4) is 0 Å². The maximum Gasteiger partial charge on any atom is 0.351 e. The highest BCUT2D eigenvalue weighted by Gasteiger charge is 2.28. The first-order valence-electron chi connectivity index (χ1n) is 7.63. The molecule has 24 heavy (non-hydrogen) atoms. The van der Waals surface area contributed by atoms with Crippen molar-refractivity contribution >= 4 is 11.9 Å². The fourth-order valence-corrected chi connectivity index (χ4v) is 2.30. The Morgan fingerprint density at radius 1 is 1.33 bits per heavy atom. The molecule has 7 nitrogen and oxygen atoms in total. The second-order valence-corrected chi connectivity index (χ2v) is 5.25. The molecule has 1 aromatic carbocycles. The van der Waals surface area contributed by atoms with Crippen LogP contribution in [0.1, 0.15) is 11.8 Å². The Kier molecular flexibility index (Phi) is 5.37. The van der Waals surface area contributed by atoms with Gasteiger partial charge in [0, 0.05) is 6.20 Å². The number of nitrogens with two attached hydrogens (primary N) is 1. The summed E-state index contributed by atoms with van der Waals surface area (Å²) in [6.45, 7) is 0.998. The lowest BCUT2D eigenvalue weighted by Crippen LogP contribution is -2.28. The maximum atomic E-state index is 11.8. The SMILES string of the molecule is Nc1ccn([C@@H]2CO[C@H](COC/C=C/c3ccccc3)O2)c(=O)n1. The largest absolute Gasteiger partial charge is 0.383 e. The van der Waals surface area contributed by atoms with Gasteiger partial charge < -0.3 is 19.9 Å². The van der Waals surface area contributed by atoms with Crippen molar-refractivity contribution in [3.63, 3.8) is 0 Å². The molecule has 2 N–H and O–H groups in total. The minimum Gasteiger partial charge on any atom is -0.383 e. The van der Waals surface area contributed by atoms with E-state index in [-0.39, 0.29) is 19.0 Å². The third kappa shape index (κ3) is 4.29.